The molecule has 0 bridgehead atoms. The summed E-state index contributed by atoms with van der Waals surface area (Å²) in [7, 11) is 1.56. The van der Waals surface area contributed by atoms with E-state index in [9.17, 15) is 19.4 Å². The number of nitrogens with zero attached hydrogens (tertiary/aromatic N) is 1. The minimum absolute atomic E-state index is 0.0548. The van der Waals surface area contributed by atoms with Gasteiger partial charge in [-0.25, -0.2) is 4.57 Å². The minimum Gasteiger partial charge on any atom is -0.387 e. The number of phosphoric acid groups is 1. The Bertz CT molecular complexity index is 1660. The van der Waals surface area contributed by atoms with Gasteiger partial charge in [0.1, 0.15) is 13.2 Å². The molecule has 0 heterocycles. The third kappa shape index (κ3) is 69.0. The number of nitrogens with one attached hydrogen (secondary N) is 1. The summed E-state index contributed by atoms with van der Waals surface area (Å²) in [5.74, 6) is -0.184. The number of aliphatic hydroxyl groups is 1. The molecule has 0 aromatic carbocycles. The lowest BCUT2D eigenvalue weighted by Gasteiger charge is -2.25. The van der Waals surface area contributed by atoms with Gasteiger partial charge < -0.3 is 19.8 Å². The van der Waals surface area contributed by atoms with E-state index in [4.69, 9.17) is 9.05 Å². The molecule has 0 aliphatic carbocycles. The van der Waals surface area contributed by atoms with E-state index in [2.05, 4.69) is 92.1 Å². The van der Waals surface area contributed by atoms with Crippen molar-refractivity contribution in [1.82, 2.24) is 5.32 Å². The summed E-state index contributed by atoms with van der Waals surface area (Å²) < 4.78 is 23.8. The number of amides is 1. The molecule has 0 aromatic rings. The fourth-order valence-corrected chi connectivity index (χ4v) is 11.5. The Hall–Kier alpha value is -2.32. The van der Waals surface area contributed by atoms with Crippen LogP contribution >= 0.6 is 7.82 Å². The van der Waals surface area contributed by atoms with Gasteiger partial charge in [0.05, 0.1) is 39.9 Å². The quantitative estimate of drug-likeness (QED) is 0.0243. The van der Waals surface area contributed by atoms with Crippen molar-refractivity contribution < 1.29 is 32.9 Å². The Labute approximate surface area is 528 Å². The van der Waals surface area contributed by atoms with Gasteiger partial charge in [0, 0.05) is 6.42 Å². The first kappa shape index (κ1) is 82.7. The van der Waals surface area contributed by atoms with Crippen molar-refractivity contribution in [2.75, 3.05) is 40.9 Å². The van der Waals surface area contributed by atoms with Gasteiger partial charge in [-0.3, -0.25) is 13.8 Å². The number of carbonyl (C=O) groups excluding carboxylic acids is 1. The number of phosphoric ester groups is 1. The van der Waals surface area contributed by atoms with E-state index >= 15 is 0 Å². The van der Waals surface area contributed by atoms with Crippen molar-refractivity contribution in [1.29, 1.82) is 0 Å². The van der Waals surface area contributed by atoms with Gasteiger partial charge in [-0.15, -0.1) is 0 Å². The number of aliphatic hydroxyl groups excluding tert-OH is 1. The van der Waals surface area contributed by atoms with Crippen molar-refractivity contribution in [2.45, 2.75) is 353 Å². The molecule has 1 amide bonds. The van der Waals surface area contributed by atoms with E-state index < -0.39 is 20.0 Å². The van der Waals surface area contributed by atoms with Crippen LogP contribution < -0.4 is 5.32 Å². The Kier molecular flexibility index (Phi) is 64.3. The van der Waals surface area contributed by atoms with Crippen LogP contribution in [0.1, 0.15) is 341 Å². The molecular formula is C76H142N2O6P+. The van der Waals surface area contributed by atoms with Crippen molar-refractivity contribution in [3.05, 3.63) is 85.1 Å². The van der Waals surface area contributed by atoms with E-state index in [1.165, 1.54) is 250 Å². The molecule has 3 N–H and O–H groups in total. The van der Waals surface area contributed by atoms with E-state index in [1.54, 1.807) is 6.08 Å². The van der Waals surface area contributed by atoms with Crippen molar-refractivity contribution >= 4 is 13.7 Å². The summed E-state index contributed by atoms with van der Waals surface area (Å²) in [6, 6.07) is -0.869. The van der Waals surface area contributed by atoms with Crippen LogP contribution in [0.5, 0.6) is 0 Å². The highest BCUT2D eigenvalue weighted by atomic mass is 31.2. The van der Waals surface area contributed by atoms with Crippen molar-refractivity contribution in [2.24, 2.45) is 0 Å². The summed E-state index contributed by atoms with van der Waals surface area (Å²) in [5.41, 5.74) is 0. The highest BCUT2D eigenvalue weighted by molar-refractivity contribution is 7.47. The van der Waals surface area contributed by atoms with Crippen LogP contribution in [0, 0.1) is 0 Å². The highest BCUT2D eigenvalue weighted by Crippen LogP contribution is 2.43. The van der Waals surface area contributed by atoms with Crippen LogP contribution in [0.2, 0.25) is 0 Å². The van der Waals surface area contributed by atoms with Crippen molar-refractivity contribution in [3.63, 3.8) is 0 Å². The molecule has 0 fully saturated rings. The Balaban J connectivity index is 4.07. The smallest absolute Gasteiger partial charge is 0.387 e. The highest BCUT2D eigenvalue weighted by Gasteiger charge is 2.28. The predicted octanol–water partition coefficient (Wildman–Crippen LogP) is 23.5. The van der Waals surface area contributed by atoms with Gasteiger partial charge in [-0.2, -0.15) is 0 Å². The van der Waals surface area contributed by atoms with Crippen LogP contribution in [0.15, 0.2) is 85.1 Å². The van der Waals surface area contributed by atoms with E-state index in [0.29, 0.717) is 17.4 Å². The molecule has 9 heteroatoms. The molecule has 0 saturated carbocycles. The zero-order valence-electron chi connectivity index (χ0n) is 56.8. The summed E-state index contributed by atoms with van der Waals surface area (Å²) in [5, 5.41) is 14.0. The monoisotopic (exact) mass is 1210 g/mol. The largest absolute Gasteiger partial charge is 0.472 e. The number of hydrogen-bond donors (Lipinski definition) is 3. The molecule has 0 aliphatic heterocycles. The van der Waals surface area contributed by atoms with Gasteiger partial charge in [0.2, 0.25) is 5.91 Å². The number of allylic oxidation sites excluding steroid dienone is 13. The van der Waals surface area contributed by atoms with E-state index in [1.807, 2.05) is 27.2 Å². The average Bonchev–Trinajstić information content (AvgIpc) is 3.49. The predicted molar refractivity (Wildman–Crippen MR) is 373 cm³/mol. The van der Waals surface area contributed by atoms with Crippen LogP contribution in [0.4, 0.5) is 0 Å². The molecule has 0 spiro atoms. The summed E-state index contributed by atoms with van der Waals surface area (Å²) in [6.07, 6.45) is 94.6. The van der Waals surface area contributed by atoms with Crippen LogP contribution in [-0.4, -0.2) is 73.4 Å². The molecule has 496 valence electrons. The van der Waals surface area contributed by atoms with E-state index in [-0.39, 0.29) is 19.1 Å². The Morgan fingerprint density at radius 1 is 0.412 bits per heavy atom. The lowest BCUT2D eigenvalue weighted by molar-refractivity contribution is -0.870. The normalized spacial score (nSPS) is 14.1. The fourth-order valence-electron chi connectivity index (χ4n) is 10.7. The third-order valence-electron chi connectivity index (χ3n) is 16.3. The third-order valence-corrected chi connectivity index (χ3v) is 17.3. The van der Waals surface area contributed by atoms with Gasteiger partial charge in [0.25, 0.3) is 0 Å². The standard InChI is InChI=1S/C76H141N2O6P/c1-6-8-10-12-14-16-18-20-22-24-26-28-30-32-34-36-38-39-40-42-44-46-48-50-52-54-56-58-60-62-64-66-68-70-76(80)77-74(73-84-85(81,82)83-72-71-78(3,4)5)75(79)69-67-65-63-61-59-57-55-53-51-49-47-45-43-41-37-35-33-31-29-27-25-23-21-19-17-15-13-11-9-7-2/h8,10,14,16,20,22,26,28,32,34,59,61,67,69,74-75,79H,6-7,9,11-13,15,17-19,21,23-25,27,29-31,33,35-58,60,62-66,68,70-73H2,1-5H3,(H-,77,80,81,82)/p+1/b10-8-,16-14-,22-20-,28-26-,34-32-,61-59+,69-67+. The first-order valence-electron chi connectivity index (χ1n) is 36.5. The van der Waals surface area contributed by atoms with Crippen molar-refractivity contribution in [3.8, 4) is 0 Å². The van der Waals surface area contributed by atoms with Crippen LogP contribution in [0.3, 0.4) is 0 Å². The lowest BCUT2D eigenvalue weighted by Crippen LogP contribution is -2.45. The number of carbonyl (C=O) groups is 1. The zero-order valence-corrected chi connectivity index (χ0v) is 57.7. The first-order valence-corrected chi connectivity index (χ1v) is 38.0. The maximum Gasteiger partial charge on any atom is 0.472 e. The molecule has 0 radical (unpaired) electrons. The lowest BCUT2D eigenvalue weighted by atomic mass is 10.0. The molecule has 0 rings (SSSR count). The van der Waals surface area contributed by atoms with E-state index in [0.717, 1.165) is 70.6 Å². The number of hydrogen-bond acceptors (Lipinski definition) is 5. The zero-order chi connectivity index (χ0) is 61.9. The maximum absolute atomic E-state index is 13.1. The summed E-state index contributed by atoms with van der Waals surface area (Å²) in [4.78, 5) is 23.4. The van der Waals surface area contributed by atoms with Gasteiger partial charge in [-0.1, -0.05) is 343 Å². The summed E-state index contributed by atoms with van der Waals surface area (Å²) in [6.45, 7) is 4.72. The fraction of sp³-hybridized carbons (Fsp3) is 0.803. The number of unbranched alkanes of at least 4 members (excludes halogenated alkanes) is 42. The van der Waals surface area contributed by atoms with Crippen LogP contribution in [-0.2, 0) is 18.4 Å². The number of quaternary nitrogens is 1. The molecule has 85 heavy (non-hydrogen) atoms. The van der Waals surface area contributed by atoms with Gasteiger partial charge >= 0.3 is 7.82 Å². The Morgan fingerprint density at radius 2 is 0.718 bits per heavy atom. The molecule has 3 unspecified atom stereocenters. The average molecular weight is 1210 g/mol. The second-order valence-corrected chi connectivity index (χ2v) is 27.4. The maximum atomic E-state index is 13.1. The molecule has 3 atom stereocenters. The number of likely N-dealkylation sites (N-methyl/N-ethyl adjacent to an activating group) is 1. The minimum atomic E-state index is -4.37. The second kappa shape index (κ2) is 66.1. The van der Waals surface area contributed by atoms with Gasteiger partial charge in [-0.05, 0) is 77.0 Å². The molecule has 0 aliphatic rings. The molecule has 0 saturated heterocycles. The SMILES string of the molecule is CC/C=C\C/C=C\C/C=C\C/C=C\C/C=C\CCCCCCCCCCCCCCCCCCCC(=O)NC(COP(=O)(O)OCC[N+](C)(C)C)C(O)/C=C/CC/C=C/CCCCCCCCCCCCCCCCCCCCCCCCCC. The molecule has 8 nitrogen and oxygen atoms in total. The van der Waals surface area contributed by atoms with Gasteiger partial charge in [0.15, 0.2) is 0 Å². The first-order chi connectivity index (χ1) is 41.5. The number of rotatable bonds is 67. The Morgan fingerprint density at radius 3 is 1.08 bits per heavy atom. The topological polar surface area (TPSA) is 105 Å². The summed E-state index contributed by atoms with van der Waals surface area (Å²) >= 11 is 0. The molecule has 0 aromatic heterocycles. The molecular weight excluding hydrogens is 1070 g/mol. The second-order valence-electron chi connectivity index (χ2n) is 25.9. The van der Waals surface area contributed by atoms with Crippen LogP contribution in [0.25, 0.3) is 0 Å².